The van der Waals surface area contributed by atoms with Gasteiger partial charge in [0.15, 0.2) is 5.82 Å². The summed E-state index contributed by atoms with van der Waals surface area (Å²) in [6.45, 7) is 0.404. The van der Waals surface area contributed by atoms with E-state index in [2.05, 4.69) is 20.9 Å². The van der Waals surface area contributed by atoms with Gasteiger partial charge >= 0.3 is 0 Å². The lowest BCUT2D eigenvalue weighted by Gasteiger charge is -2.03. The molecule has 100 valence electrons. The third kappa shape index (κ3) is 2.88. The molecule has 0 bridgehead atoms. The molecule has 7 heteroatoms. The second-order valence-corrected chi connectivity index (χ2v) is 5.51. The molecular weight excluding hydrogens is 338 g/mol. The molecule has 2 rings (SSSR count). The van der Waals surface area contributed by atoms with Gasteiger partial charge in [-0.05, 0) is 34.6 Å². The van der Waals surface area contributed by atoms with Crippen molar-refractivity contribution in [2.24, 2.45) is 5.73 Å². The molecule has 0 saturated heterocycles. The van der Waals surface area contributed by atoms with E-state index in [1.54, 1.807) is 0 Å². The normalized spacial score (nSPS) is 10.7. The molecule has 1 heterocycles. The van der Waals surface area contributed by atoms with Gasteiger partial charge in [-0.2, -0.15) is 0 Å². The highest BCUT2D eigenvalue weighted by molar-refractivity contribution is 9.10. The lowest BCUT2D eigenvalue weighted by molar-refractivity contribution is 0.102. The Morgan fingerprint density at radius 3 is 2.84 bits per heavy atom. The third-order valence-corrected chi connectivity index (χ3v) is 3.93. The lowest BCUT2D eigenvalue weighted by atomic mass is 10.1. The number of halogens is 3. The predicted molar refractivity (Wildman–Crippen MR) is 72.4 cm³/mol. The van der Waals surface area contributed by atoms with Gasteiger partial charge in [0, 0.05) is 11.8 Å². The maximum Gasteiger partial charge on any atom is 0.218 e. The van der Waals surface area contributed by atoms with Crippen molar-refractivity contribution >= 4 is 33.0 Å². The molecule has 19 heavy (non-hydrogen) atoms. The van der Waals surface area contributed by atoms with Crippen molar-refractivity contribution in [2.75, 3.05) is 6.54 Å². The van der Waals surface area contributed by atoms with E-state index in [0.29, 0.717) is 18.0 Å². The molecule has 0 radical (unpaired) electrons. The largest absolute Gasteiger partial charge is 0.330 e. The van der Waals surface area contributed by atoms with Crippen LogP contribution < -0.4 is 5.73 Å². The molecule has 0 aliphatic carbocycles. The van der Waals surface area contributed by atoms with Gasteiger partial charge in [-0.25, -0.2) is 13.8 Å². The van der Waals surface area contributed by atoms with Crippen LogP contribution in [0.25, 0.3) is 0 Å². The number of benzene rings is 1. The van der Waals surface area contributed by atoms with Crippen LogP contribution in [0.1, 0.15) is 21.1 Å². The maximum absolute atomic E-state index is 13.8. The number of hydrogen-bond acceptors (Lipinski definition) is 4. The van der Waals surface area contributed by atoms with Crippen LogP contribution in [0.2, 0.25) is 0 Å². The highest BCUT2D eigenvalue weighted by atomic mass is 79.9. The second-order valence-electron chi connectivity index (χ2n) is 3.71. The standard InChI is InChI=1S/C12H9BrF2N2OS/c13-6-1-2-7(14)10(11(6)15)12(18)8-5-19-9(17-8)3-4-16/h1-2,5H,3-4,16H2. The predicted octanol–water partition coefficient (Wildman–Crippen LogP) is 2.92. The van der Waals surface area contributed by atoms with Gasteiger partial charge in [-0.15, -0.1) is 11.3 Å². The fourth-order valence-corrected chi connectivity index (χ4v) is 2.64. The third-order valence-electron chi connectivity index (χ3n) is 2.41. The molecule has 1 aromatic heterocycles. The zero-order valence-corrected chi connectivity index (χ0v) is 12.0. The van der Waals surface area contributed by atoms with Crippen molar-refractivity contribution in [2.45, 2.75) is 6.42 Å². The van der Waals surface area contributed by atoms with E-state index < -0.39 is 23.0 Å². The van der Waals surface area contributed by atoms with E-state index in [1.807, 2.05) is 0 Å². The maximum atomic E-state index is 13.8. The van der Waals surface area contributed by atoms with Gasteiger partial charge in [-0.3, -0.25) is 4.79 Å². The molecule has 0 spiro atoms. The fraction of sp³-hybridized carbons (Fsp3) is 0.167. The fourth-order valence-electron chi connectivity index (χ4n) is 1.52. The Bertz CT molecular complexity index is 630. The average molecular weight is 347 g/mol. The number of nitrogens with zero attached hydrogens (tertiary/aromatic N) is 1. The number of ketones is 1. The van der Waals surface area contributed by atoms with Gasteiger partial charge in [0.05, 0.1) is 15.0 Å². The SMILES string of the molecule is NCCc1nc(C(=O)c2c(F)ccc(Br)c2F)cs1. The number of carbonyl (C=O) groups is 1. The molecule has 3 nitrogen and oxygen atoms in total. The number of carbonyl (C=O) groups excluding carboxylic acids is 1. The Balaban J connectivity index is 2.41. The van der Waals surface area contributed by atoms with Gasteiger partial charge < -0.3 is 5.73 Å². The van der Waals surface area contributed by atoms with Crippen LogP contribution in [0.3, 0.4) is 0 Å². The van der Waals surface area contributed by atoms with E-state index in [0.717, 1.165) is 6.07 Å². The summed E-state index contributed by atoms with van der Waals surface area (Å²) in [6, 6.07) is 2.25. The Morgan fingerprint density at radius 2 is 2.16 bits per heavy atom. The second kappa shape index (κ2) is 5.85. The minimum atomic E-state index is -0.918. The number of rotatable bonds is 4. The smallest absolute Gasteiger partial charge is 0.218 e. The lowest BCUT2D eigenvalue weighted by Crippen LogP contribution is -2.09. The Morgan fingerprint density at radius 1 is 1.42 bits per heavy atom. The number of aromatic nitrogens is 1. The van der Waals surface area contributed by atoms with Crippen molar-refractivity contribution in [3.63, 3.8) is 0 Å². The summed E-state index contributed by atoms with van der Waals surface area (Å²) in [7, 11) is 0. The van der Waals surface area contributed by atoms with Crippen LogP contribution in [0.4, 0.5) is 8.78 Å². The first-order valence-electron chi connectivity index (χ1n) is 5.37. The van der Waals surface area contributed by atoms with Crippen LogP contribution in [0.15, 0.2) is 22.0 Å². The minimum absolute atomic E-state index is 0.0318. The molecule has 2 N–H and O–H groups in total. The van der Waals surface area contributed by atoms with Gasteiger partial charge in [0.1, 0.15) is 11.5 Å². The van der Waals surface area contributed by atoms with E-state index in [9.17, 15) is 13.6 Å². The monoisotopic (exact) mass is 346 g/mol. The molecule has 0 atom stereocenters. The number of thiazole rings is 1. The highest BCUT2D eigenvalue weighted by Gasteiger charge is 2.23. The van der Waals surface area contributed by atoms with Gasteiger partial charge in [-0.1, -0.05) is 0 Å². The van der Waals surface area contributed by atoms with Crippen molar-refractivity contribution < 1.29 is 13.6 Å². The summed E-state index contributed by atoms with van der Waals surface area (Å²) in [5.41, 5.74) is 4.81. The van der Waals surface area contributed by atoms with Gasteiger partial charge in [0.25, 0.3) is 0 Å². The molecule has 0 aliphatic heterocycles. The summed E-state index contributed by atoms with van der Waals surface area (Å²) in [5, 5.41) is 2.15. The number of hydrogen-bond donors (Lipinski definition) is 1. The van der Waals surface area contributed by atoms with Crippen LogP contribution in [0, 0.1) is 11.6 Å². The quantitative estimate of drug-likeness (QED) is 0.684. The van der Waals surface area contributed by atoms with E-state index in [4.69, 9.17) is 5.73 Å². The van der Waals surface area contributed by atoms with Crippen LogP contribution in [-0.2, 0) is 6.42 Å². The number of nitrogens with two attached hydrogens (primary N) is 1. The Kier molecular flexibility index (Phi) is 4.38. The van der Waals surface area contributed by atoms with E-state index in [1.165, 1.54) is 22.8 Å². The summed E-state index contributed by atoms with van der Waals surface area (Å²) >= 11 is 4.17. The molecule has 1 aromatic carbocycles. The zero-order chi connectivity index (χ0) is 14.0. The molecule has 0 aliphatic rings. The van der Waals surface area contributed by atoms with Crippen LogP contribution in [-0.4, -0.2) is 17.3 Å². The van der Waals surface area contributed by atoms with Crippen LogP contribution in [0.5, 0.6) is 0 Å². The molecule has 0 unspecified atom stereocenters. The minimum Gasteiger partial charge on any atom is -0.330 e. The summed E-state index contributed by atoms with van der Waals surface area (Å²) < 4.78 is 27.4. The van der Waals surface area contributed by atoms with Crippen molar-refractivity contribution in [3.05, 3.63) is 49.9 Å². The first-order chi connectivity index (χ1) is 9.04. The summed E-state index contributed by atoms with van der Waals surface area (Å²) in [5.74, 6) is -2.59. The van der Waals surface area contributed by atoms with Crippen molar-refractivity contribution in [1.82, 2.24) is 4.98 Å². The molecule has 0 saturated carbocycles. The van der Waals surface area contributed by atoms with Crippen LogP contribution >= 0.6 is 27.3 Å². The molecular formula is C12H9BrF2N2OS. The summed E-state index contributed by atoms with van der Waals surface area (Å²) in [4.78, 5) is 16.1. The van der Waals surface area contributed by atoms with Crippen molar-refractivity contribution in [3.8, 4) is 0 Å². The first kappa shape index (κ1) is 14.2. The summed E-state index contributed by atoms with van der Waals surface area (Å²) in [6.07, 6.45) is 0.529. The average Bonchev–Trinajstić information content (AvgIpc) is 2.83. The first-order valence-corrected chi connectivity index (χ1v) is 7.04. The topological polar surface area (TPSA) is 56.0 Å². The van der Waals surface area contributed by atoms with E-state index >= 15 is 0 Å². The van der Waals surface area contributed by atoms with Crippen molar-refractivity contribution in [1.29, 1.82) is 0 Å². The molecule has 0 amide bonds. The Labute approximate surface area is 120 Å². The molecule has 0 fully saturated rings. The zero-order valence-electron chi connectivity index (χ0n) is 9.62. The molecule has 2 aromatic rings. The van der Waals surface area contributed by atoms with Gasteiger partial charge in [0.2, 0.25) is 5.78 Å². The van der Waals surface area contributed by atoms with E-state index in [-0.39, 0.29) is 10.2 Å². The highest BCUT2D eigenvalue weighted by Crippen LogP contribution is 2.24. The Hall–Kier alpha value is -1.18.